The van der Waals surface area contributed by atoms with Gasteiger partial charge in [-0.15, -0.1) is 0 Å². The summed E-state index contributed by atoms with van der Waals surface area (Å²) < 4.78 is 46.8. The molecule has 1 aliphatic rings. The highest BCUT2D eigenvalue weighted by Crippen LogP contribution is 2.39. The quantitative estimate of drug-likeness (QED) is 0.267. The van der Waals surface area contributed by atoms with Crippen molar-refractivity contribution >= 4 is 34.0 Å². The number of likely N-dealkylation sites (N-methyl/N-ethyl adjacent to an activating group) is 1. The van der Waals surface area contributed by atoms with E-state index in [2.05, 4.69) is 25.2 Å². The number of ether oxygens (including phenoxy) is 1. The van der Waals surface area contributed by atoms with Gasteiger partial charge in [0.15, 0.2) is 5.82 Å². The van der Waals surface area contributed by atoms with E-state index in [-0.39, 0.29) is 28.8 Å². The van der Waals surface area contributed by atoms with Crippen LogP contribution in [0.3, 0.4) is 0 Å². The number of nitro benzene ring substituents is 1. The number of nitrogens with zero attached hydrogens (tertiary/aromatic N) is 7. The second-order valence-corrected chi connectivity index (χ2v) is 9.10. The maximum atomic E-state index is 13.4. The summed E-state index contributed by atoms with van der Waals surface area (Å²) in [6.07, 6.45) is -3.11. The number of rotatable bonds is 7. The van der Waals surface area contributed by atoms with Gasteiger partial charge in [0.25, 0.3) is 5.69 Å². The maximum absolute atomic E-state index is 13.4. The Hall–Kier alpha value is -4.46. The van der Waals surface area contributed by atoms with Crippen molar-refractivity contribution < 1.29 is 22.8 Å². The van der Waals surface area contributed by atoms with Gasteiger partial charge >= 0.3 is 6.18 Å². The molecule has 1 N–H and O–H groups in total. The summed E-state index contributed by atoms with van der Waals surface area (Å²) in [4.78, 5) is 28.5. The molecule has 0 unspecified atom stereocenters. The number of nitrogens with one attached hydrogen (secondary N) is 1. The lowest BCUT2D eigenvalue weighted by atomic mass is 10.1. The SMILES string of the molecule is COc1cc(N2CCN(C)CC2)c([N+](=O)[O-])cc1Nc1nccc(-c2nc3ccccc3n2CC(F)(F)F)n1. The number of piperazine rings is 1. The van der Waals surface area contributed by atoms with E-state index < -0.39 is 17.6 Å². The molecule has 5 rings (SSSR count). The Morgan fingerprint density at radius 3 is 2.54 bits per heavy atom. The molecule has 1 aliphatic heterocycles. The molecule has 0 bridgehead atoms. The number of nitro groups is 1. The van der Waals surface area contributed by atoms with Crippen molar-refractivity contribution in [3.8, 4) is 17.3 Å². The van der Waals surface area contributed by atoms with E-state index in [0.29, 0.717) is 35.6 Å². The van der Waals surface area contributed by atoms with Crippen LogP contribution in [0, 0.1) is 10.1 Å². The fourth-order valence-electron chi connectivity index (χ4n) is 4.55. The number of hydrogen-bond donors (Lipinski definition) is 1. The molecule has 11 nitrogen and oxygen atoms in total. The molecular weight excluding hydrogens is 517 g/mol. The second-order valence-electron chi connectivity index (χ2n) is 9.10. The first-order valence-corrected chi connectivity index (χ1v) is 12.1. The largest absolute Gasteiger partial charge is 0.494 e. The number of anilines is 3. The van der Waals surface area contributed by atoms with Gasteiger partial charge in [0.05, 0.1) is 28.8 Å². The molecule has 0 atom stereocenters. The van der Waals surface area contributed by atoms with Crippen LogP contribution in [0.15, 0.2) is 48.7 Å². The van der Waals surface area contributed by atoms with E-state index in [4.69, 9.17) is 4.74 Å². The number of alkyl halides is 3. The van der Waals surface area contributed by atoms with Crippen molar-refractivity contribution in [3.63, 3.8) is 0 Å². The van der Waals surface area contributed by atoms with Gasteiger partial charge in [-0.3, -0.25) is 10.1 Å². The molecule has 204 valence electrons. The van der Waals surface area contributed by atoms with Crippen LogP contribution in [0.25, 0.3) is 22.6 Å². The van der Waals surface area contributed by atoms with Crippen molar-refractivity contribution in [2.24, 2.45) is 0 Å². The van der Waals surface area contributed by atoms with Gasteiger partial charge in [-0.1, -0.05) is 12.1 Å². The highest BCUT2D eigenvalue weighted by Gasteiger charge is 2.31. The Labute approximate surface area is 221 Å². The molecule has 3 heterocycles. The standard InChI is InChI=1S/C25H25F3N8O3/c1-33-9-11-34(12-10-33)20-14-22(39-2)18(13-21(20)36(37)38)32-24-29-8-7-17(31-24)23-30-16-5-3-4-6-19(16)35(23)15-25(26,27)28/h3-8,13-14H,9-12,15H2,1-2H3,(H,29,31,32). The van der Waals surface area contributed by atoms with E-state index in [1.165, 1.54) is 25.4 Å². The van der Waals surface area contributed by atoms with Gasteiger partial charge in [0, 0.05) is 44.5 Å². The van der Waals surface area contributed by atoms with Crippen LogP contribution in [0.4, 0.5) is 36.2 Å². The summed E-state index contributed by atoms with van der Waals surface area (Å²) in [6.45, 7) is 1.52. The Kier molecular flexibility index (Phi) is 6.95. The van der Waals surface area contributed by atoms with Gasteiger partial charge in [-0.05, 0) is 25.2 Å². The smallest absolute Gasteiger partial charge is 0.406 e. The van der Waals surface area contributed by atoms with Crippen LogP contribution in [0.1, 0.15) is 0 Å². The predicted molar refractivity (Wildman–Crippen MR) is 139 cm³/mol. The fraction of sp³-hybridized carbons (Fsp3) is 0.320. The lowest BCUT2D eigenvalue weighted by Gasteiger charge is -2.34. The number of aromatic nitrogens is 4. The lowest BCUT2D eigenvalue weighted by molar-refractivity contribution is -0.384. The summed E-state index contributed by atoms with van der Waals surface area (Å²) in [5.74, 6) is 0.355. The van der Waals surface area contributed by atoms with Crippen LogP contribution >= 0.6 is 0 Å². The molecule has 4 aromatic rings. The van der Waals surface area contributed by atoms with Gasteiger partial charge in [-0.25, -0.2) is 15.0 Å². The lowest BCUT2D eigenvalue weighted by Crippen LogP contribution is -2.44. The molecule has 39 heavy (non-hydrogen) atoms. The zero-order valence-electron chi connectivity index (χ0n) is 21.1. The monoisotopic (exact) mass is 542 g/mol. The van der Waals surface area contributed by atoms with Gasteiger partial charge in [0.2, 0.25) is 5.95 Å². The van der Waals surface area contributed by atoms with Gasteiger partial charge < -0.3 is 24.4 Å². The second kappa shape index (κ2) is 10.4. The normalized spacial score (nSPS) is 14.5. The summed E-state index contributed by atoms with van der Waals surface area (Å²) in [5, 5.41) is 14.9. The average Bonchev–Trinajstić information content (AvgIpc) is 3.26. The van der Waals surface area contributed by atoms with Crippen LogP contribution in [0.2, 0.25) is 0 Å². The third-order valence-corrected chi connectivity index (χ3v) is 6.46. The predicted octanol–water partition coefficient (Wildman–Crippen LogP) is 4.47. The third-order valence-electron chi connectivity index (χ3n) is 6.46. The van der Waals surface area contributed by atoms with Crippen molar-refractivity contribution in [1.82, 2.24) is 24.4 Å². The maximum Gasteiger partial charge on any atom is 0.406 e. The van der Waals surface area contributed by atoms with Crippen LogP contribution in [-0.2, 0) is 6.54 Å². The molecule has 1 saturated heterocycles. The van der Waals surface area contributed by atoms with Crippen LogP contribution < -0.4 is 15.0 Å². The van der Waals surface area contributed by atoms with Gasteiger partial charge in [-0.2, -0.15) is 13.2 Å². The highest BCUT2D eigenvalue weighted by molar-refractivity contribution is 5.80. The Balaban J connectivity index is 1.52. The zero-order chi connectivity index (χ0) is 27.7. The minimum Gasteiger partial charge on any atom is -0.494 e. The Morgan fingerprint density at radius 2 is 1.85 bits per heavy atom. The summed E-state index contributed by atoms with van der Waals surface area (Å²) in [6, 6.07) is 10.9. The average molecular weight is 543 g/mol. The molecule has 1 fully saturated rings. The molecule has 0 amide bonds. The van der Waals surface area contributed by atoms with E-state index >= 15 is 0 Å². The Bertz CT molecular complexity index is 1520. The van der Waals surface area contributed by atoms with Crippen LogP contribution in [-0.4, -0.2) is 75.9 Å². The number of methoxy groups -OCH3 is 1. The van der Waals surface area contributed by atoms with E-state index in [1.54, 1.807) is 30.3 Å². The fourth-order valence-corrected chi connectivity index (χ4v) is 4.55. The van der Waals surface area contributed by atoms with Crippen molar-refractivity contribution in [1.29, 1.82) is 0 Å². The number of benzene rings is 2. The third kappa shape index (κ3) is 5.55. The number of halogens is 3. The van der Waals surface area contributed by atoms with E-state index in [0.717, 1.165) is 17.7 Å². The molecule has 2 aromatic heterocycles. The number of para-hydroxylation sites is 2. The first-order chi connectivity index (χ1) is 18.6. The molecule has 2 aromatic carbocycles. The van der Waals surface area contributed by atoms with Crippen molar-refractivity contribution in [2.75, 3.05) is 50.6 Å². The number of imidazole rings is 1. The summed E-state index contributed by atoms with van der Waals surface area (Å²) >= 11 is 0. The van der Waals surface area contributed by atoms with E-state index in [9.17, 15) is 23.3 Å². The van der Waals surface area contributed by atoms with Crippen LogP contribution in [0.5, 0.6) is 5.75 Å². The van der Waals surface area contributed by atoms with Gasteiger partial charge in [0.1, 0.15) is 23.7 Å². The Morgan fingerprint density at radius 1 is 1.10 bits per heavy atom. The first-order valence-electron chi connectivity index (χ1n) is 12.1. The molecule has 0 aliphatic carbocycles. The molecule has 0 spiro atoms. The zero-order valence-corrected chi connectivity index (χ0v) is 21.1. The van der Waals surface area contributed by atoms with Crippen molar-refractivity contribution in [3.05, 3.63) is 58.8 Å². The minimum atomic E-state index is -4.48. The molecule has 0 radical (unpaired) electrons. The topological polar surface area (TPSA) is 114 Å². The highest BCUT2D eigenvalue weighted by atomic mass is 19.4. The number of hydrogen-bond acceptors (Lipinski definition) is 9. The molecular formula is C25H25F3N8O3. The minimum absolute atomic E-state index is 0.0121. The first kappa shape index (κ1) is 26.2. The van der Waals surface area contributed by atoms with E-state index in [1.807, 2.05) is 11.9 Å². The summed E-state index contributed by atoms with van der Waals surface area (Å²) in [5.41, 5.74) is 1.41. The molecule has 0 saturated carbocycles. The number of fused-ring (bicyclic) bond motifs is 1. The molecule has 14 heteroatoms. The van der Waals surface area contributed by atoms with Crippen molar-refractivity contribution in [2.45, 2.75) is 12.7 Å². The summed E-state index contributed by atoms with van der Waals surface area (Å²) in [7, 11) is 3.43.